The number of rotatable bonds is 2. The molecule has 0 aliphatic carbocycles. The molecule has 0 bridgehead atoms. The van der Waals surface area contributed by atoms with Gasteiger partial charge in [-0.2, -0.15) is 0 Å². The lowest BCUT2D eigenvalue weighted by molar-refractivity contribution is -0.119. The number of nitrogens with two attached hydrogens (primary N) is 1. The molecular formula is C10H13ClN2O. The first-order valence-electron chi connectivity index (χ1n) is 4.31. The Hall–Kier alpha value is -1.06. The van der Waals surface area contributed by atoms with Gasteiger partial charge >= 0.3 is 0 Å². The van der Waals surface area contributed by atoms with Crippen molar-refractivity contribution in [1.29, 1.82) is 0 Å². The van der Waals surface area contributed by atoms with E-state index in [-0.39, 0.29) is 5.91 Å². The van der Waals surface area contributed by atoms with Crippen LogP contribution in [-0.4, -0.2) is 19.0 Å². The summed E-state index contributed by atoms with van der Waals surface area (Å²) < 4.78 is 0. The van der Waals surface area contributed by atoms with Crippen molar-refractivity contribution in [3.05, 3.63) is 29.3 Å². The molecule has 1 aromatic carbocycles. The molecule has 0 saturated heterocycles. The zero-order valence-electron chi connectivity index (χ0n) is 8.20. The van der Waals surface area contributed by atoms with Gasteiger partial charge < -0.3 is 10.6 Å². The fourth-order valence-corrected chi connectivity index (χ4v) is 1.22. The van der Waals surface area contributed by atoms with E-state index in [1.807, 2.05) is 0 Å². The lowest BCUT2D eigenvalue weighted by Crippen LogP contribution is -2.39. The van der Waals surface area contributed by atoms with E-state index >= 15 is 0 Å². The van der Waals surface area contributed by atoms with Crippen LogP contribution < -0.4 is 10.6 Å². The average Bonchev–Trinajstić information content (AvgIpc) is 2.16. The number of carbonyl (C=O) groups is 1. The molecule has 1 rings (SSSR count). The average molecular weight is 213 g/mol. The molecule has 0 aliphatic heterocycles. The first kappa shape index (κ1) is 11.0. The first-order valence-corrected chi connectivity index (χ1v) is 4.69. The summed E-state index contributed by atoms with van der Waals surface area (Å²) in [5.41, 5.74) is 6.28. The van der Waals surface area contributed by atoms with E-state index in [0.717, 1.165) is 5.69 Å². The molecule has 76 valence electrons. The molecule has 0 heterocycles. The van der Waals surface area contributed by atoms with Crippen molar-refractivity contribution in [3.63, 3.8) is 0 Å². The summed E-state index contributed by atoms with van der Waals surface area (Å²) in [5.74, 6) is -0.118. The largest absolute Gasteiger partial charge is 0.320 e. The second-order valence-electron chi connectivity index (χ2n) is 3.16. The summed E-state index contributed by atoms with van der Waals surface area (Å²) in [6.45, 7) is 1.66. The molecule has 3 nitrogen and oxygen atoms in total. The third-order valence-corrected chi connectivity index (χ3v) is 2.19. The Morgan fingerprint density at radius 1 is 1.43 bits per heavy atom. The van der Waals surface area contributed by atoms with Crippen molar-refractivity contribution in [1.82, 2.24) is 0 Å². The molecule has 0 radical (unpaired) electrons. The Morgan fingerprint density at radius 2 is 1.93 bits per heavy atom. The number of carbonyl (C=O) groups excluding carboxylic acids is 1. The molecule has 0 aliphatic rings. The van der Waals surface area contributed by atoms with E-state index in [4.69, 9.17) is 17.3 Å². The molecule has 1 amide bonds. The standard InChI is InChI=1S/C10H13ClN2O/c1-7(12)10(14)13(2)9-5-3-8(11)4-6-9/h3-7H,12H2,1-2H3. The van der Waals surface area contributed by atoms with Crippen molar-refractivity contribution >= 4 is 23.2 Å². The van der Waals surface area contributed by atoms with Crippen LogP contribution in [0.1, 0.15) is 6.92 Å². The summed E-state index contributed by atoms with van der Waals surface area (Å²) in [4.78, 5) is 13.0. The van der Waals surface area contributed by atoms with Crippen molar-refractivity contribution < 1.29 is 4.79 Å². The summed E-state index contributed by atoms with van der Waals surface area (Å²) >= 11 is 5.73. The van der Waals surface area contributed by atoms with Gasteiger partial charge in [-0.3, -0.25) is 4.79 Å². The van der Waals surface area contributed by atoms with Crippen LogP contribution in [0.4, 0.5) is 5.69 Å². The highest BCUT2D eigenvalue weighted by atomic mass is 35.5. The fraction of sp³-hybridized carbons (Fsp3) is 0.300. The van der Waals surface area contributed by atoms with Crippen LogP contribution in [0.5, 0.6) is 0 Å². The van der Waals surface area contributed by atoms with Crippen LogP contribution in [0, 0.1) is 0 Å². The summed E-state index contributed by atoms with van der Waals surface area (Å²) in [7, 11) is 1.69. The summed E-state index contributed by atoms with van der Waals surface area (Å²) in [6.07, 6.45) is 0. The SMILES string of the molecule is CC(N)C(=O)N(C)c1ccc(Cl)cc1. The van der Waals surface area contributed by atoms with Gasteiger partial charge in [0.25, 0.3) is 0 Å². The van der Waals surface area contributed by atoms with Crippen LogP contribution in [0.15, 0.2) is 24.3 Å². The van der Waals surface area contributed by atoms with Crippen LogP contribution >= 0.6 is 11.6 Å². The van der Waals surface area contributed by atoms with Gasteiger partial charge in [0, 0.05) is 17.8 Å². The fourth-order valence-electron chi connectivity index (χ4n) is 1.10. The number of benzene rings is 1. The molecule has 0 saturated carbocycles. The van der Waals surface area contributed by atoms with E-state index in [1.54, 1.807) is 38.2 Å². The van der Waals surface area contributed by atoms with Gasteiger partial charge in [-0.1, -0.05) is 11.6 Å². The Bertz CT molecular complexity index is 321. The van der Waals surface area contributed by atoms with Crippen molar-refractivity contribution in [2.24, 2.45) is 5.73 Å². The smallest absolute Gasteiger partial charge is 0.243 e. The molecule has 1 unspecified atom stereocenters. The molecule has 0 spiro atoms. The van der Waals surface area contributed by atoms with E-state index in [0.29, 0.717) is 5.02 Å². The molecule has 4 heteroatoms. The highest BCUT2D eigenvalue weighted by molar-refractivity contribution is 6.30. The predicted octanol–water partition coefficient (Wildman–Crippen LogP) is 1.65. The number of anilines is 1. The van der Waals surface area contributed by atoms with Gasteiger partial charge in [0.2, 0.25) is 5.91 Å². The van der Waals surface area contributed by atoms with Gasteiger partial charge in [-0.05, 0) is 31.2 Å². The van der Waals surface area contributed by atoms with E-state index < -0.39 is 6.04 Å². The topological polar surface area (TPSA) is 46.3 Å². The van der Waals surface area contributed by atoms with Crippen molar-refractivity contribution in [2.75, 3.05) is 11.9 Å². The maximum Gasteiger partial charge on any atom is 0.243 e. The van der Waals surface area contributed by atoms with Gasteiger partial charge in [0.05, 0.1) is 6.04 Å². The van der Waals surface area contributed by atoms with Crippen LogP contribution in [0.25, 0.3) is 0 Å². The zero-order chi connectivity index (χ0) is 10.7. The maximum absolute atomic E-state index is 11.5. The minimum absolute atomic E-state index is 0.118. The quantitative estimate of drug-likeness (QED) is 0.811. The summed E-state index contributed by atoms with van der Waals surface area (Å²) in [6, 6.07) is 6.55. The second-order valence-corrected chi connectivity index (χ2v) is 3.60. The third-order valence-electron chi connectivity index (χ3n) is 1.93. The lowest BCUT2D eigenvalue weighted by atomic mass is 10.2. The highest BCUT2D eigenvalue weighted by Crippen LogP contribution is 2.17. The minimum Gasteiger partial charge on any atom is -0.320 e. The minimum atomic E-state index is -0.490. The zero-order valence-corrected chi connectivity index (χ0v) is 8.95. The van der Waals surface area contributed by atoms with Gasteiger partial charge in [0.1, 0.15) is 0 Å². The van der Waals surface area contributed by atoms with E-state index in [1.165, 1.54) is 4.90 Å². The number of hydrogen-bond donors (Lipinski definition) is 1. The maximum atomic E-state index is 11.5. The molecule has 1 atom stereocenters. The number of halogens is 1. The van der Waals surface area contributed by atoms with Crippen LogP contribution in [0.2, 0.25) is 5.02 Å². The molecule has 1 aromatic rings. The number of amides is 1. The Morgan fingerprint density at radius 3 is 2.36 bits per heavy atom. The predicted molar refractivity (Wildman–Crippen MR) is 58.5 cm³/mol. The second kappa shape index (κ2) is 4.44. The lowest BCUT2D eigenvalue weighted by Gasteiger charge is -2.19. The Balaban J connectivity index is 2.84. The van der Waals surface area contributed by atoms with Gasteiger partial charge in [-0.25, -0.2) is 0 Å². The van der Waals surface area contributed by atoms with Crippen LogP contribution in [0.3, 0.4) is 0 Å². The Labute approximate surface area is 88.5 Å². The number of likely N-dealkylation sites (N-methyl/N-ethyl adjacent to an activating group) is 1. The van der Waals surface area contributed by atoms with Crippen molar-refractivity contribution in [2.45, 2.75) is 13.0 Å². The third kappa shape index (κ3) is 2.47. The first-order chi connectivity index (χ1) is 6.52. The number of hydrogen-bond acceptors (Lipinski definition) is 2. The monoisotopic (exact) mass is 212 g/mol. The van der Waals surface area contributed by atoms with Crippen molar-refractivity contribution in [3.8, 4) is 0 Å². The van der Waals surface area contributed by atoms with E-state index in [2.05, 4.69) is 0 Å². The Kier molecular flexibility index (Phi) is 3.49. The molecular weight excluding hydrogens is 200 g/mol. The number of nitrogens with zero attached hydrogens (tertiary/aromatic N) is 1. The highest BCUT2D eigenvalue weighted by Gasteiger charge is 2.14. The van der Waals surface area contributed by atoms with Gasteiger partial charge in [0.15, 0.2) is 0 Å². The molecule has 0 aromatic heterocycles. The molecule has 0 fully saturated rings. The van der Waals surface area contributed by atoms with E-state index in [9.17, 15) is 4.79 Å². The van der Waals surface area contributed by atoms with Gasteiger partial charge in [-0.15, -0.1) is 0 Å². The normalized spacial score (nSPS) is 12.3. The van der Waals surface area contributed by atoms with Crippen LogP contribution in [-0.2, 0) is 4.79 Å². The molecule has 14 heavy (non-hydrogen) atoms. The molecule has 2 N–H and O–H groups in total. The summed E-state index contributed by atoms with van der Waals surface area (Å²) in [5, 5.41) is 0.649.